The van der Waals surface area contributed by atoms with Crippen molar-refractivity contribution in [1.29, 1.82) is 0 Å². The number of hydrogen-bond donors (Lipinski definition) is 0. The van der Waals surface area contributed by atoms with Gasteiger partial charge in [-0.25, -0.2) is 0 Å². The molecule has 1 aromatic carbocycles. The molecule has 2 aliphatic carbocycles. The second-order valence-corrected chi connectivity index (χ2v) is 13.2. The Hall–Kier alpha value is -2.36. The van der Waals surface area contributed by atoms with Crippen LogP contribution < -0.4 is 0 Å². The Balaban J connectivity index is 1.55. The van der Waals surface area contributed by atoms with Crippen LogP contribution in [0.25, 0.3) is 0 Å². The first kappa shape index (κ1) is 29.2. The first-order chi connectivity index (χ1) is 17.2. The van der Waals surface area contributed by atoms with Gasteiger partial charge in [0.25, 0.3) is 0 Å². The summed E-state index contributed by atoms with van der Waals surface area (Å²) in [6.45, 7) is 16.1. The van der Waals surface area contributed by atoms with Crippen molar-refractivity contribution >= 4 is 23.1 Å². The SMILES string of the molecule is C=C1CCC(CCC(=O)c2ccccc2C2(C)CC2)C(=O)C1CCC(=O)C(C)C(C)C(=O)CC(C)(C)C. The number of hydrogen-bond acceptors (Lipinski definition) is 4. The molecule has 4 unspecified atom stereocenters. The first-order valence-electron chi connectivity index (χ1n) is 14.1. The van der Waals surface area contributed by atoms with Gasteiger partial charge >= 0.3 is 0 Å². The Bertz CT molecular complexity index is 1050. The van der Waals surface area contributed by atoms with Crippen molar-refractivity contribution in [2.24, 2.45) is 29.1 Å². The molecule has 2 saturated carbocycles. The summed E-state index contributed by atoms with van der Waals surface area (Å²) >= 11 is 0. The molecule has 0 aromatic heterocycles. The number of benzene rings is 1. The molecule has 4 nitrogen and oxygen atoms in total. The van der Waals surface area contributed by atoms with E-state index in [-0.39, 0.29) is 64.1 Å². The van der Waals surface area contributed by atoms with Crippen molar-refractivity contribution in [1.82, 2.24) is 0 Å². The normalized spacial score (nSPS) is 22.9. The van der Waals surface area contributed by atoms with Crippen molar-refractivity contribution in [3.05, 3.63) is 47.5 Å². The maximum atomic E-state index is 13.4. The number of ketones is 4. The van der Waals surface area contributed by atoms with Crippen LogP contribution in [0.4, 0.5) is 0 Å². The summed E-state index contributed by atoms with van der Waals surface area (Å²) in [5, 5.41) is 0. The first-order valence-corrected chi connectivity index (χ1v) is 14.1. The van der Waals surface area contributed by atoms with E-state index in [1.54, 1.807) is 0 Å². The zero-order valence-electron chi connectivity index (χ0n) is 23.8. The molecule has 0 aliphatic heterocycles. The van der Waals surface area contributed by atoms with Crippen LogP contribution in [-0.4, -0.2) is 23.1 Å². The quantitative estimate of drug-likeness (QED) is 0.218. The van der Waals surface area contributed by atoms with Crippen LogP contribution in [0, 0.1) is 29.1 Å². The third kappa shape index (κ3) is 7.36. The van der Waals surface area contributed by atoms with Gasteiger partial charge in [-0.1, -0.05) is 78.0 Å². The van der Waals surface area contributed by atoms with Gasteiger partial charge in [-0.15, -0.1) is 0 Å². The molecule has 0 heterocycles. The fourth-order valence-corrected chi connectivity index (χ4v) is 5.70. The van der Waals surface area contributed by atoms with Gasteiger partial charge in [0.05, 0.1) is 0 Å². The molecule has 0 bridgehead atoms. The summed E-state index contributed by atoms with van der Waals surface area (Å²) in [4.78, 5) is 52.1. The van der Waals surface area contributed by atoms with Gasteiger partial charge in [-0.2, -0.15) is 0 Å². The zero-order chi connectivity index (χ0) is 27.5. The third-order valence-corrected chi connectivity index (χ3v) is 8.80. The van der Waals surface area contributed by atoms with Crippen LogP contribution in [0.1, 0.15) is 115 Å². The molecule has 0 spiro atoms. The average Bonchev–Trinajstić information content (AvgIpc) is 3.59. The highest BCUT2D eigenvalue weighted by Crippen LogP contribution is 2.49. The molecular formula is C33H46O4. The van der Waals surface area contributed by atoms with E-state index in [9.17, 15) is 19.2 Å². The zero-order valence-corrected chi connectivity index (χ0v) is 23.8. The van der Waals surface area contributed by atoms with Crippen molar-refractivity contribution in [2.75, 3.05) is 0 Å². The minimum absolute atomic E-state index is 0.0397. The monoisotopic (exact) mass is 506 g/mol. The van der Waals surface area contributed by atoms with Crippen LogP contribution in [0.3, 0.4) is 0 Å². The minimum Gasteiger partial charge on any atom is -0.299 e. The van der Waals surface area contributed by atoms with E-state index in [4.69, 9.17) is 0 Å². The largest absolute Gasteiger partial charge is 0.299 e. The lowest BCUT2D eigenvalue weighted by molar-refractivity contribution is -0.133. The lowest BCUT2D eigenvalue weighted by Crippen LogP contribution is -2.32. The van der Waals surface area contributed by atoms with Crippen LogP contribution in [0.2, 0.25) is 0 Å². The number of Topliss-reactive ketones (excluding diaryl/α,β-unsaturated/α-hetero) is 4. The Morgan fingerprint density at radius 2 is 1.62 bits per heavy atom. The van der Waals surface area contributed by atoms with E-state index in [2.05, 4.69) is 19.6 Å². The van der Waals surface area contributed by atoms with E-state index < -0.39 is 0 Å². The summed E-state index contributed by atoms with van der Waals surface area (Å²) in [5.74, 6) is -0.767. The lowest BCUT2D eigenvalue weighted by Gasteiger charge is -2.30. The van der Waals surface area contributed by atoms with Gasteiger partial charge in [0.1, 0.15) is 17.3 Å². The second kappa shape index (κ2) is 11.6. The predicted octanol–water partition coefficient (Wildman–Crippen LogP) is 7.48. The second-order valence-electron chi connectivity index (χ2n) is 13.2. The van der Waals surface area contributed by atoms with E-state index >= 15 is 0 Å². The van der Waals surface area contributed by atoms with E-state index in [1.807, 2.05) is 52.8 Å². The highest BCUT2D eigenvalue weighted by Gasteiger charge is 2.41. The standard InChI is InChI=1S/C33H46O4/c1-21-12-13-24(14-16-29(35)26-10-8-9-11-27(26)33(7)18-19-33)31(37)25(21)15-17-28(34)22(2)23(3)30(36)20-32(4,5)6/h8-11,22-25H,1,12-20H2,2-7H3. The lowest BCUT2D eigenvalue weighted by atomic mass is 9.72. The van der Waals surface area contributed by atoms with Crippen molar-refractivity contribution in [3.63, 3.8) is 0 Å². The molecule has 4 heteroatoms. The van der Waals surface area contributed by atoms with Crippen LogP contribution >= 0.6 is 0 Å². The Morgan fingerprint density at radius 3 is 2.24 bits per heavy atom. The maximum absolute atomic E-state index is 13.4. The molecule has 37 heavy (non-hydrogen) atoms. The minimum atomic E-state index is -0.358. The Kier molecular flexibility index (Phi) is 9.14. The van der Waals surface area contributed by atoms with Crippen molar-refractivity contribution in [3.8, 4) is 0 Å². The van der Waals surface area contributed by atoms with E-state index in [0.717, 1.165) is 42.4 Å². The summed E-state index contributed by atoms with van der Waals surface area (Å²) in [6, 6.07) is 7.92. The smallest absolute Gasteiger partial charge is 0.163 e. The van der Waals surface area contributed by atoms with Crippen LogP contribution in [-0.2, 0) is 19.8 Å². The number of carbonyl (C=O) groups is 4. The van der Waals surface area contributed by atoms with Gasteiger partial charge in [-0.3, -0.25) is 19.2 Å². The maximum Gasteiger partial charge on any atom is 0.163 e. The molecule has 3 rings (SSSR count). The summed E-state index contributed by atoms with van der Waals surface area (Å²) < 4.78 is 0. The summed E-state index contributed by atoms with van der Waals surface area (Å²) in [6.07, 6.45) is 5.81. The van der Waals surface area contributed by atoms with Crippen molar-refractivity contribution in [2.45, 2.75) is 105 Å². The van der Waals surface area contributed by atoms with E-state index in [1.165, 1.54) is 0 Å². The molecular weight excluding hydrogens is 460 g/mol. The number of carbonyl (C=O) groups excluding carboxylic acids is 4. The summed E-state index contributed by atoms with van der Waals surface area (Å²) in [7, 11) is 0. The van der Waals surface area contributed by atoms with Gasteiger partial charge in [0.15, 0.2) is 5.78 Å². The number of allylic oxidation sites excluding steroid dienone is 1. The molecule has 202 valence electrons. The van der Waals surface area contributed by atoms with Crippen LogP contribution in [0.5, 0.6) is 0 Å². The third-order valence-electron chi connectivity index (χ3n) is 8.80. The van der Waals surface area contributed by atoms with Crippen molar-refractivity contribution < 1.29 is 19.2 Å². The topological polar surface area (TPSA) is 68.3 Å². The molecule has 0 radical (unpaired) electrons. The van der Waals surface area contributed by atoms with Gasteiger partial charge in [0.2, 0.25) is 0 Å². The highest BCUT2D eigenvalue weighted by molar-refractivity contribution is 5.98. The Labute approximate surface area is 223 Å². The molecule has 1 aromatic rings. The summed E-state index contributed by atoms with van der Waals surface area (Å²) in [5.41, 5.74) is 2.87. The molecule has 0 saturated heterocycles. The van der Waals surface area contributed by atoms with Gasteiger partial charge in [0, 0.05) is 48.5 Å². The molecule has 4 atom stereocenters. The van der Waals surface area contributed by atoms with E-state index in [0.29, 0.717) is 25.7 Å². The van der Waals surface area contributed by atoms with Gasteiger partial charge in [-0.05, 0) is 54.9 Å². The highest BCUT2D eigenvalue weighted by atomic mass is 16.1. The molecule has 2 fully saturated rings. The molecule has 0 amide bonds. The fourth-order valence-electron chi connectivity index (χ4n) is 5.70. The fraction of sp³-hybridized carbons (Fsp3) is 0.636. The average molecular weight is 507 g/mol. The van der Waals surface area contributed by atoms with Crippen LogP contribution in [0.15, 0.2) is 36.4 Å². The molecule has 2 aliphatic rings. The van der Waals surface area contributed by atoms with Gasteiger partial charge < -0.3 is 0 Å². The molecule has 0 N–H and O–H groups in total. The Morgan fingerprint density at radius 1 is 1.00 bits per heavy atom. The number of rotatable bonds is 12. The predicted molar refractivity (Wildman–Crippen MR) is 149 cm³/mol.